The van der Waals surface area contributed by atoms with Crippen molar-refractivity contribution < 1.29 is 14.3 Å². The number of nitrogens with one attached hydrogen (secondary N) is 1. The van der Waals surface area contributed by atoms with Crippen LogP contribution in [0.15, 0.2) is 47.6 Å². The van der Waals surface area contributed by atoms with Crippen LogP contribution in [-0.2, 0) is 22.4 Å². The Labute approximate surface area is 189 Å². The third-order valence-corrected chi connectivity index (χ3v) is 6.18. The number of carbonyl (C=O) groups is 2. The molecule has 2 aliphatic rings. The number of hydrogen-bond acceptors (Lipinski definition) is 5. The summed E-state index contributed by atoms with van der Waals surface area (Å²) in [4.78, 5) is 24.5. The number of benzene rings is 2. The normalized spacial score (nSPS) is 17.9. The molecule has 1 atom stereocenters. The summed E-state index contributed by atoms with van der Waals surface area (Å²) in [5.74, 6) is 0.0941. The molecular weight excluding hydrogens is 402 g/mol. The summed E-state index contributed by atoms with van der Waals surface area (Å²) in [5, 5.41) is 9.58. The minimum atomic E-state index is -0.121. The van der Waals surface area contributed by atoms with Crippen LogP contribution in [-0.4, -0.2) is 42.8 Å². The molecule has 1 unspecified atom stereocenters. The standard InChI is InChI=1S/C26H31N3O3/c1-2-32-25(30)16-20-7-10-23-17-24(12-11-22(23)15-20)28-26(31)21-8-5-19(6-9-21)18-27-29-13-3-4-14-29/h5-6,8-9,11-12,17-18,20H,2-4,7,10,13-16H2,1H3,(H,28,31)/b27-18+. The van der Waals surface area contributed by atoms with Crippen LogP contribution in [0.2, 0.25) is 0 Å². The van der Waals surface area contributed by atoms with E-state index in [0.717, 1.165) is 43.6 Å². The molecule has 0 bridgehead atoms. The van der Waals surface area contributed by atoms with E-state index in [1.165, 1.54) is 24.0 Å². The van der Waals surface area contributed by atoms with Crippen LogP contribution in [0, 0.1) is 5.92 Å². The van der Waals surface area contributed by atoms with Crippen molar-refractivity contribution in [3.05, 3.63) is 64.7 Å². The van der Waals surface area contributed by atoms with Crippen molar-refractivity contribution in [3.8, 4) is 0 Å². The number of carbonyl (C=O) groups excluding carboxylic acids is 2. The predicted octanol–water partition coefficient (Wildman–Crippen LogP) is 4.43. The van der Waals surface area contributed by atoms with Crippen LogP contribution >= 0.6 is 0 Å². The number of hydrogen-bond donors (Lipinski definition) is 1. The highest BCUT2D eigenvalue weighted by atomic mass is 16.5. The molecule has 1 saturated heterocycles. The molecule has 0 radical (unpaired) electrons. The Hall–Kier alpha value is -3.15. The summed E-state index contributed by atoms with van der Waals surface area (Å²) in [7, 11) is 0. The van der Waals surface area contributed by atoms with Gasteiger partial charge < -0.3 is 10.1 Å². The van der Waals surface area contributed by atoms with Crippen LogP contribution in [0.3, 0.4) is 0 Å². The SMILES string of the molecule is CCOC(=O)CC1CCc2cc(NC(=O)c3ccc(/C=N/N4CCCC4)cc3)ccc2C1. The molecule has 1 heterocycles. The van der Waals surface area contributed by atoms with Crippen molar-refractivity contribution in [1.29, 1.82) is 0 Å². The van der Waals surface area contributed by atoms with E-state index in [4.69, 9.17) is 4.74 Å². The molecule has 1 N–H and O–H groups in total. The van der Waals surface area contributed by atoms with E-state index in [-0.39, 0.29) is 11.9 Å². The Morgan fingerprint density at radius 1 is 1.12 bits per heavy atom. The number of hydrazone groups is 1. The van der Waals surface area contributed by atoms with Gasteiger partial charge in [-0.2, -0.15) is 5.10 Å². The Balaban J connectivity index is 1.33. The van der Waals surface area contributed by atoms with E-state index in [0.29, 0.717) is 24.5 Å². The van der Waals surface area contributed by atoms with Crippen molar-refractivity contribution in [2.75, 3.05) is 25.0 Å². The predicted molar refractivity (Wildman–Crippen MR) is 126 cm³/mol. The molecule has 0 spiro atoms. The van der Waals surface area contributed by atoms with Gasteiger partial charge in [-0.3, -0.25) is 14.6 Å². The summed E-state index contributed by atoms with van der Waals surface area (Å²) in [6.45, 7) is 4.30. The molecule has 1 aliphatic heterocycles. The van der Waals surface area contributed by atoms with E-state index in [2.05, 4.69) is 27.6 Å². The number of fused-ring (bicyclic) bond motifs is 1. The zero-order valence-electron chi connectivity index (χ0n) is 18.7. The van der Waals surface area contributed by atoms with Crippen molar-refractivity contribution >= 4 is 23.8 Å². The molecule has 4 rings (SSSR count). The van der Waals surface area contributed by atoms with Gasteiger partial charge in [0.1, 0.15) is 0 Å². The Morgan fingerprint density at radius 3 is 2.66 bits per heavy atom. The fourth-order valence-corrected chi connectivity index (χ4v) is 4.43. The number of aryl methyl sites for hydroxylation is 1. The third kappa shape index (κ3) is 5.75. The smallest absolute Gasteiger partial charge is 0.306 e. The number of nitrogens with zero attached hydrogens (tertiary/aromatic N) is 2. The lowest BCUT2D eigenvalue weighted by molar-refractivity contribution is -0.144. The first-order chi connectivity index (χ1) is 15.6. The number of rotatable bonds is 7. The van der Waals surface area contributed by atoms with Crippen molar-refractivity contribution in [2.24, 2.45) is 11.0 Å². The maximum absolute atomic E-state index is 12.7. The topological polar surface area (TPSA) is 71.0 Å². The van der Waals surface area contributed by atoms with Crippen molar-refractivity contribution in [2.45, 2.75) is 45.4 Å². The van der Waals surface area contributed by atoms with Crippen LogP contribution < -0.4 is 5.32 Å². The lowest BCUT2D eigenvalue weighted by Crippen LogP contribution is -2.19. The van der Waals surface area contributed by atoms with Gasteiger partial charge in [0.05, 0.1) is 12.8 Å². The summed E-state index contributed by atoms with van der Waals surface area (Å²) in [5.41, 5.74) is 4.91. The van der Waals surface area contributed by atoms with Gasteiger partial charge in [0.25, 0.3) is 5.91 Å². The molecule has 0 aromatic heterocycles. The first kappa shape index (κ1) is 22.1. The maximum atomic E-state index is 12.7. The highest BCUT2D eigenvalue weighted by Gasteiger charge is 2.22. The zero-order chi connectivity index (χ0) is 22.3. The molecule has 2 aromatic carbocycles. The first-order valence-corrected chi connectivity index (χ1v) is 11.6. The van der Waals surface area contributed by atoms with E-state index < -0.39 is 0 Å². The lowest BCUT2D eigenvalue weighted by Gasteiger charge is -2.24. The molecule has 1 aliphatic carbocycles. The molecule has 168 valence electrons. The van der Waals surface area contributed by atoms with Crippen LogP contribution in [0.25, 0.3) is 0 Å². The molecule has 1 fully saturated rings. The van der Waals surface area contributed by atoms with Crippen LogP contribution in [0.5, 0.6) is 0 Å². The molecular formula is C26H31N3O3. The van der Waals surface area contributed by atoms with Crippen molar-refractivity contribution in [3.63, 3.8) is 0 Å². The highest BCUT2D eigenvalue weighted by Crippen LogP contribution is 2.30. The fourth-order valence-electron chi connectivity index (χ4n) is 4.43. The monoisotopic (exact) mass is 433 g/mol. The zero-order valence-corrected chi connectivity index (χ0v) is 18.7. The van der Waals surface area contributed by atoms with E-state index >= 15 is 0 Å². The molecule has 0 saturated carbocycles. The summed E-state index contributed by atoms with van der Waals surface area (Å²) in [6.07, 6.45) is 7.48. The Bertz CT molecular complexity index is 978. The summed E-state index contributed by atoms with van der Waals surface area (Å²) < 4.78 is 5.09. The van der Waals surface area contributed by atoms with Gasteiger partial charge in [0, 0.05) is 30.8 Å². The van der Waals surface area contributed by atoms with E-state index in [1.807, 2.05) is 43.5 Å². The van der Waals surface area contributed by atoms with Crippen molar-refractivity contribution in [1.82, 2.24) is 5.01 Å². The lowest BCUT2D eigenvalue weighted by atomic mass is 9.82. The van der Waals surface area contributed by atoms with Gasteiger partial charge in [-0.15, -0.1) is 0 Å². The molecule has 32 heavy (non-hydrogen) atoms. The molecule has 2 aromatic rings. The summed E-state index contributed by atoms with van der Waals surface area (Å²) in [6, 6.07) is 13.6. The summed E-state index contributed by atoms with van der Waals surface area (Å²) >= 11 is 0. The second kappa shape index (κ2) is 10.4. The average molecular weight is 434 g/mol. The second-order valence-corrected chi connectivity index (χ2v) is 8.58. The van der Waals surface area contributed by atoms with Gasteiger partial charge in [0.15, 0.2) is 0 Å². The Morgan fingerprint density at radius 2 is 1.91 bits per heavy atom. The highest BCUT2D eigenvalue weighted by molar-refractivity contribution is 6.04. The first-order valence-electron chi connectivity index (χ1n) is 11.6. The van der Waals surface area contributed by atoms with Gasteiger partial charge in [-0.1, -0.05) is 18.2 Å². The average Bonchev–Trinajstić information content (AvgIpc) is 3.32. The van der Waals surface area contributed by atoms with Gasteiger partial charge in [0.2, 0.25) is 0 Å². The number of esters is 1. The second-order valence-electron chi connectivity index (χ2n) is 8.58. The Kier molecular flexibility index (Phi) is 7.20. The minimum Gasteiger partial charge on any atom is -0.466 e. The number of amides is 1. The van der Waals surface area contributed by atoms with Gasteiger partial charge in [-0.05, 0) is 85.9 Å². The van der Waals surface area contributed by atoms with E-state index in [9.17, 15) is 9.59 Å². The van der Waals surface area contributed by atoms with E-state index in [1.54, 1.807) is 0 Å². The number of ether oxygens (including phenoxy) is 1. The van der Waals surface area contributed by atoms with Crippen LogP contribution in [0.1, 0.15) is 59.7 Å². The third-order valence-electron chi connectivity index (χ3n) is 6.18. The number of anilines is 1. The maximum Gasteiger partial charge on any atom is 0.306 e. The molecule has 6 heteroatoms. The molecule has 6 nitrogen and oxygen atoms in total. The fraction of sp³-hybridized carbons (Fsp3) is 0.423. The van der Waals surface area contributed by atoms with Crippen LogP contribution in [0.4, 0.5) is 5.69 Å². The largest absolute Gasteiger partial charge is 0.466 e. The molecule has 1 amide bonds. The minimum absolute atomic E-state index is 0.113. The van der Waals surface area contributed by atoms with Gasteiger partial charge >= 0.3 is 5.97 Å². The van der Waals surface area contributed by atoms with Gasteiger partial charge in [-0.25, -0.2) is 0 Å². The quantitative estimate of drug-likeness (QED) is 0.518.